The molecule has 1 saturated heterocycles. The van der Waals surface area contributed by atoms with Crippen LogP contribution in [0.4, 0.5) is 0 Å². The predicted octanol–water partition coefficient (Wildman–Crippen LogP) is 3.07. The van der Waals surface area contributed by atoms with E-state index in [9.17, 15) is 0 Å². The van der Waals surface area contributed by atoms with Gasteiger partial charge in [0.05, 0.1) is 6.10 Å². The summed E-state index contributed by atoms with van der Waals surface area (Å²) in [5, 5.41) is 0. The van der Waals surface area contributed by atoms with Gasteiger partial charge in [-0.15, -0.1) is 12.4 Å². The van der Waals surface area contributed by atoms with Crippen molar-refractivity contribution in [2.75, 3.05) is 19.6 Å². The molecule has 0 amide bonds. The largest absolute Gasteiger partial charge is 0.491 e. The van der Waals surface area contributed by atoms with Crippen LogP contribution in [0.1, 0.15) is 32.8 Å². The minimum Gasteiger partial charge on any atom is -0.491 e. The number of halogens is 1. The quantitative estimate of drug-likeness (QED) is 0.908. The summed E-state index contributed by atoms with van der Waals surface area (Å²) in [7, 11) is 0. The lowest BCUT2D eigenvalue weighted by Gasteiger charge is -2.23. The molecular weight excluding hydrogens is 272 g/mol. The maximum absolute atomic E-state index is 5.88. The fourth-order valence-corrected chi connectivity index (χ4v) is 2.67. The molecule has 20 heavy (non-hydrogen) atoms. The number of rotatable bonds is 5. The van der Waals surface area contributed by atoms with E-state index in [1.807, 2.05) is 6.07 Å². The predicted molar refractivity (Wildman–Crippen MR) is 86.5 cm³/mol. The third-order valence-corrected chi connectivity index (χ3v) is 3.86. The summed E-state index contributed by atoms with van der Waals surface area (Å²) in [5.74, 6) is 1.01. The van der Waals surface area contributed by atoms with Gasteiger partial charge in [0, 0.05) is 18.7 Å². The van der Waals surface area contributed by atoms with Gasteiger partial charge < -0.3 is 10.5 Å². The minimum atomic E-state index is 0. The van der Waals surface area contributed by atoms with Crippen molar-refractivity contribution in [3.8, 4) is 5.75 Å². The Morgan fingerprint density at radius 2 is 2.05 bits per heavy atom. The Morgan fingerprint density at radius 3 is 2.65 bits per heavy atom. The van der Waals surface area contributed by atoms with Gasteiger partial charge in [0.1, 0.15) is 5.75 Å². The molecule has 0 saturated carbocycles. The number of nitrogens with two attached hydrogens (primary N) is 1. The van der Waals surface area contributed by atoms with Crippen LogP contribution in [0, 0.1) is 5.41 Å². The SMILES string of the molecule is CC(C)Oc1ccccc1CN1CCC(C)(CN)C1.Cl. The van der Waals surface area contributed by atoms with Crippen molar-refractivity contribution in [3.05, 3.63) is 29.8 Å². The molecule has 1 atom stereocenters. The smallest absolute Gasteiger partial charge is 0.124 e. The first kappa shape index (κ1) is 17.3. The second kappa shape index (κ2) is 7.30. The monoisotopic (exact) mass is 298 g/mol. The minimum absolute atomic E-state index is 0. The van der Waals surface area contributed by atoms with E-state index in [4.69, 9.17) is 10.5 Å². The molecule has 4 heteroatoms. The van der Waals surface area contributed by atoms with Crippen molar-refractivity contribution in [2.24, 2.45) is 11.1 Å². The van der Waals surface area contributed by atoms with Crippen LogP contribution in [0.3, 0.4) is 0 Å². The maximum Gasteiger partial charge on any atom is 0.124 e. The number of hydrogen-bond acceptors (Lipinski definition) is 3. The van der Waals surface area contributed by atoms with Crippen LogP contribution in [0.25, 0.3) is 0 Å². The first-order chi connectivity index (χ1) is 9.02. The van der Waals surface area contributed by atoms with E-state index in [0.717, 1.165) is 31.9 Å². The number of ether oxygens (including phenoxy) is 1. The van der Waals surface area contributed by atoms with Gasteiger partial charge in [-0.3, -0.25) is 4.90 Å². The molecule has 2 rings (SSSR count). The zero-order valence-electron chi connectivity index (χ0n) is 12.8. The van der Waals surface area contributed by atoms with E-state index in [-0.39, 0.29) is 23.9 Å². The highest BCUT2D eigenvalue weighted by atomic mass is 35.5. The number of para-hydroxylation sites is 1. The lowest BCUT2D eigenvalue weighted by molar-refractivity contribution is 0.230. The van der Waals surface area contributed by atoms with Gasteiger partial charge in [-0.25, -0.2) is 0 Å². The van der Waals surface area contributed by atoms with E-state index in [0.29, 0.717) is 0 Å². The van der Waals surface area contributed by atoms with Crippen LogP contribution in [0.15, 0.2) is 24.3 Å². The van der Waals surface area contributed by atoms with Crippen molar-refractivity contribution < 1.29 is 4.74 Å². The van der Waals surface area contributed by atoms with Gasteiger partial charge in [0.15, 0.2) is 0 Å². The van der Waals surface area contributed by atoms with Crippen molar-refractivity contribution in [3.63, 3.8) is 0 Å². The Morgan fingerprint density at radius 1 is 1.35 bits per heavy atom. The standard InChI is InChI=1S/C16H26N2O.ClH/c1-13(2)19-15-7-5-4-6-14(15)10-18-9-8-16(3,11-17)12-18;/h4-7,13H,8-12,17H2,1-3H3;1H. The van der Waals surface area contributed by atoms with Crippen LogP contribution < -0.4 is 10.5 Å². The Hall–Kier alpha value is -0.770. The molecule has 1 aliphatic heterocycles. The molecule has 1 fully saturated rings. The van der Waals surface area contributed by atoms with Crippen molar-refractivity contribution in [2.45, 2.75) is 39.8 Å². The summed E-state index contributed by atoms with van der Waals surface area (Å²) in [5.41, 5.74) is 7.43. The normalized spacial score (nSPS) is 22.9. The van der Waals surface area contributed by atoms with Crippen molar-refractivity contribution in [1.29, 1.82) is 0 Å². The first-order valence-corrected chi connectivity index (χ1v) is 7.19. The van der Waals surface area contributed by atoms with Gasteiger partial charge in [0.2, 0.25) is 0 Å². The topological polar surface area (TPSA) is 38.5 Å². The molecular formula is C16H27ClN2O. The molecule has 3 nitrogen and oxygen atoms in total. The summed E-state index contributed by atoms with van der Waals surface area (Å²) in [6, 6.07) is 8.35. The summed E-state index contributed by atoms with van der Waals surface area (Å²) in [6.07, 6.45) is 1.41. The van der Waals surface area contributed by atoms with Crippen LogP contribution in [0.2, 0.25) is 0 Å². The molecule has 0 bridgehead atoms. The van der Waals surface area contributed by atoms with E-state index in [2.05, 4.69) is 43.9 Å². The second-order valence-corrected chi connectivity index (χ2v) is 6.25. The molecule has 2 N–H and O–H groups in total. The number of nitrogens with zero attached hydrogens (tertiary/aromatic N) is 1. The average Bonchev–Trinajstić information content (AvgIpc) is 2.74. The summed E-state index contributed by atoms with van der Waals surface area (Å²) in [4.78, 5) is 2.48. The number of hydrogen-bond donors (Lipinski definition) is 1. The van der Waals surface area contributed by atoms with E-state index < -0.39 is 0 Å². The Kier molecular flexibility index (Phi) is 6.31. The van der Waals surface area contributed by atoms with Crippen LogP contribution >= 0.6 is 12.4 Å². The first-order valence-electron chi connectivity index (χ1n) is 7.19. The Labute approximate surface area is 128 Å². The highest BCUT2D eigenvalue weighted by Gasteiger charge is 2.32. The summed E-state index contributed by atoms with van der Waals surface area (Å²) < 4.78 is 5.88. The second-order valence-electron chi connectivity index (χ2n) is 6.25. The number of likely N-dealkylation sites (tertiary alicyclic amines) is 1. The molecule has 0 radical (unpaired) electrons. The lowest BCUT2D eigenvalue weighted by atomic mass is 9.90. The van der Waals surface area contributed by atoms with Gasteiger partial charge in [-0.2, -0.15) is 0 Å². The molecule has 0 aliphatic carbocycles. The average molecular weight is 299 g/mol. The van der Waals surface area contributed by atoms with Crippen LogP contribution in [-0.4, -0.2) is 30.6 Å². The molecule has 1 aromatic rings. The number of benzene rings is 1. The fraction of sp³-hybridized carbons (Fsp3) is 0.625. The Bertz CT molecular complexity index is 425. The molecule has 1 unspecified atom stereocenters. The Balaban J connectivity index is 0.00000200. The van der Waals surface area contributed by atoms with Crippen molar-refractivity contribution >= 4 is 12.4 Å². The molecule has 0 spiro atoms. The van der Waals surface area contributed by atoms with E-state index in [1.165, 1.54) is 12.0 Å². The third-order valence-electron chi connectivity index (χ3n) is 3.86. The van der Waals surface area contributed by atoms with Crippen LogP contribution in [-0.2, 0) is 6.54 Å². The van der Waals surface area contributed by atoms with E-state index >= 15 is 0 Å². The fourth-order valence-electron chi connectivity index (χ4n) is 2.67. The summed E-state index contributed by atoms with van der Waals surface area (Å²) in [6.45, 7) is 10.4. The van der Waals surface area contributed by atoms with Gasteiger partial charge in [-0.05, 0) is 44.8 Å². The van der Waals surface area contributed by atoms with Crippen LogP contribution in [0.5, 0.6) is 5.75 Å². The highest BCUT2D eigenvalue weighted by Crippen LogP contribution is 2.31. The zero-order chi connectivity index (χ0) is 13.9. The molecule has 1 heterocycles. The highest BCUT2D eigenvalue weighted by molar-refractivity contribution is 5.85. The van der Waals surface area contributed by atoms with Gasteiger partial charge >= 0.3 is 0 Å². The van der Waals surface area contributed by atoms with Gasteiger partial charge in [0.25, 0.3) is 0 Å². The lowest BCUT2D eigenvalue weighted by Crippen LogP contribution is -2.31. The molecule has 1 aliphatic rings. The molecule has 1 aromatic carbocycles. The molecule has 0 aromatic heterocycles. The third kappa shape index (κ3) is 4.37. The zero-order valence-corrected chi connectivity index (χ0v) is 13.6. The maximum atomic E-state index is 5.88. The van der Waals surface area contributed by atoms with Crippen molar-refractivity contribution in [1.82, 2.24) is 4.90 Å². The van der Waals surface area contributed by atoms with E-state index in [1.54, 1.807) is 0 Å². The summed E-state index contributed by atoms with van der Waals surface area (Å²) >= 11 is 0. The van der Waals surface area contributed by atoms with Gasteiger partial charge in [-0.1, -0.05) is 25.1 Å². The molecule has 114 valence electrons.